The molecule has 0 heterocycles. The van der Waals surface area contributed by atoms with Gasteiger partial charge in [0.25, 0.3) is 5.69 Å². The molecule has 9 heteroatoms. The third-order valence-electron chi connectivity index (χ3n) is 4.42. The predicted octanol–water partition coefficient (Wildman–Crippen LogP) is 2.27. The average Bonchev–Trinajstić information content (AvgIpc) is 2.74. The van der Waals surface area contributed by atoms with Crippen molar-refractivity contribution < 1.29 is 14.5 Å². The second-order valence-corrected chi connectivity index (χ2v) is 6.87. The monoisotopic (exact) mass is 413 g/mol. The van der Waals surface area contributed by atoms with E-state index in [0.717, 1.165) is 16.9 Å². The number of nitro benzene ring substituents is 1. The van der Waals surface area contributed by atoms with Crippen LogP contribution in [-0.2, 0) is 17.9 Å². The molecular weight excluding hydrogens is 386 g/mol. The molecule has 2 aromatic rings. The summed E-state index contributed by atoms with van der Waals surface area (Å²) in [4.78, 5) is 30.4. The fourth-order valence-electron chi connectivity index (χ4n) is 2.68. The SMILES string of the molecule is COc1ccccc1CN(C)C(=NCc1ccc([N+](=O)[O-])cc1)NCC(=O)N(C)C. The first-order chi connectivity index (χ1) is 14.3. The van der Waals surface area contributed by atoms with Crippen molar-refractivity contribution in [3.05, 3.63) is 69.8 Å². The molecule has 0 aliphatic heterocycles. The highest BCUT2D eigenvalue weighted by molar-refractivity contribution is 5.86. The van der Waals surface area contributed by atoms with Gasteiger partial charge < -0.3 is 19.9 Å². The Bertz CT molecular complexity index is 897. The summed E-state index contributed by atoms with van der Waals surface area (Å²) in [5, 5.41) is 13.9. The van der Waals surface area contributed by atoms with Crippen molar-refractivity contribution in [3.8, 4) is 5.75 Å². The molecule has 9 nitrogen and oxygen atoms in total. The van der Waals surface area contributed by atoms with Gasteiger partial charge in [0.1, 0.15) is 5.75 Å². The van der Waals surface area contributed by atoms with Crippen LogP contribution in [0, 0.1) is 10.1 Å². The topological polar surface area (TPSA) is 100 Å². The molecule has 0 aliphatic rings. The number of hydrogen-bond acceptors (Lipinski definition) is 5. The molecule has 0 saturated heterocycles. The number of non-ortho nitro benzene ring substituents is 1. The van der Waals surface area contributed by atoms with Crippen LogP contribution in [0.15, 0.2) is 53.5 Å². The fourth-order valence-corrected chi connectivity index (χ4v) is 2.68. The van der Waals surface area contributed by atoms with Crippen LogP contribution in [0.3, 0.4) is 0 Å². The maximum atomic E-state index is 12.0. The standard InChI is InChI=1S/C21H27N5O4/c1-24(2)20(27)14-23-21(22-13-16-9-11-18(12-10-16)26(28)29)25(3)15-17-7-5-6-8-19(17)30-4/h5-12H,13-15H2,1-4H3,(H,22,23). The number of methoxy groups -OCH3 is 1. The molecule has 0 atom stereocenters. The number of hydrogen-bond donors (Lipinski definition) is 1. The zero-order valence-corrected chi connectivity index (χ0v) is 17.7. The third kappa shape index (κ3) is 6.47. The zero-order valence-electron chi connectivity index (χ0n) is 17.7. The van der Waals surface area contributed by atoms with Crippen LogP contribution in [-0.4, -0.2) is 61.4 Å². The minimum absolute atomic E-state index is 0.0333. The lowest BCUT2D eigenvalue weighted by Crippen LogP contribution is -2.43. The summed E-state index contributed by atoms with van der Waals surface area (Å²) in [6, 6.07) is 13.9. The molecule has 30 heavy (non-hydrogen) atoms. The molecule has 0 unspecified atom stereocenters. The van der Waals surface area contributed by atoms with Gasteiger partial charge in [-0.1, -0.05) is 30.3 Å². The fraction of sp³-hybridized carbons (Fsp3) is 0.333. The second kappa shape index (κ2) is 10.8. The maximum Gasteiger partial charge on any atom is 0.269 e. The van der Waals surface area contributed by atoms with Gasteiger partial charge in [0.2, 0.25) is 5.91 Å². The first-order valence-corrected chi connectivity index (χ1v) is 9.36. The van der Waals surface area contributed by atoms with E-state index in [2.05, 4.69) is 10.3 Å². The van der Waals surface area contributed by atoms with E-state index < -0.39 is 4.92 Å². The van der Waals surface area contributed by atoms with E-state index in [-0.39, 0.29) is 18.1 Å². The number of carbonyl (C=O) groups excluding carboxylic acids is 1. The number of likely N-dealkylation sites (N-methyl/N-ethyl adjacent to an activating group) is 1. The van der Waals surface area contributed by atoms with E-state index in [1.54, 1.807) is 33.3 Å². The van der Waals surface area contributed by atoms with Crippen LogP contribution in [0.4, 0.5) is 5.69 Å². The van der Waals surface area contributed by atoms with Crippen LogP contribution >= 0.6 is 0 Å². The molecule has 0 fully saturated rings. The quantitative estimate of drug-likeness (QED) is 0.308. The summed E-state index contributed by atoms with van der Waals surface area (Å²) >= 11 is 0. The number of guanidine groups is 1. The Morgan fingerprint density at radius 1 is 1.13 bits per heavy atom. The molecule has 0 aliphatic carbocycles. The summed E-state index contributed by atoms with van der Waals surface area (Å²) in [5.41, 5.74) is 1.83. The Kier molecular flexibility index (Phi) is 8.16. The third-order valence-corrected chi connectivity index (χ3v) is 4.42. The van der Waals surface area contributed by atoms with E-state index >= 15 is 0 Å². The number of nitro groups is 1. The minimum Gasteiger partial charge on any atom is -0.496 e. The van der Waals surface area contributed by atoms with Gasteiger partial charge in [-0.05, 0) is 11.6 Å². The second-order valence-electron chi connectivity index (χ2n) is 6.87. The van der Waals surface area contributed by atoms with Gasteiger partial charge in [0, 0.05) is 45.4 Å². The summed E-state index contributed by atoms with van der Waals surface area (Å²) in [5.74, 6) is 1.22. The summed E-state index contributed by atoms with van der Waals surface area (Å²) in [7, 11) is 6.87. The summed E-state index contributed by atoms with van der Waals surface area (Å²) in [6.45, 7) is 0.932. The Balaban J connectivity index is 2.18. The van der Waals surface area contributed by atoms with Gasteiger partial charge in [-0.15, -0.1) is 0 Å². The molecule has 0 saturated carbocycles. The van der Waals surface area contributed by atoms with Crippen LogP contribution in [0.5, 0.6) is 5.75 Å². The first-order valence-electron chi connectivity index (χ1n) is 9.36. The number of ether oxygens (including phenoxy) is 1. The van der Waals surface area contributed by atoms with Crippen molar-refractivity contribution in [1.29, 1.82) is 0 Å². The lowest BCUT2D eigenvalue weighted by Gasteiger charge is -2.24. The number of rotatable bonds is 8. The van der Waals surface area contributed by atoms with Gasteiger partial charge >= 0.3 is 0 Å². The summed E-state index contributed by atoms with van der Waals surface area (Å²) < 4.78 is 5.41. The number of benzene rings is 2. The number of amides is 1. The lowest BCUT2D eigenvalue weighted by atomic mass is 10.2. The van der Waals surface area contributed by atoms with Crippen LogP contribution in [0.25, 0.3) is 0 Å². The van der Waals surface area contributed by atoms with Crippen molar-refractivity contribution in [1.82, 2.24) is 15.1 Å². The van der Waals surface area contributed by atoms with Crippen molar-refractivity contribution in [2.45, 2.75) is 13.1 Å². The van der Waals surface area contributed by atoms with E-state index in [1.165, 1.54) is 17.0 Å². The Labute approximate surface area is 176 Å². The molecule has 0 spiro atoms. The van der Waals surface area contributed by atoms with Crippen molar-refractivity contribution in [3.63, 3.8) is 0 Å². The number of nitrogens with one attached hydrogen (secondary N) is 1. The van der Waals surface area contributed by atoms with Gasteiger partial charge in [0.05, 0.1) is 25.1 Å². The Morgan fingerprint density at radius 2 is 1.80 bits per heavy atom. The number of aliphatic imine (C=N–C) groups is 1. The molecule has 1 N–H and O–H groups in total. The van der Waals surface area contributed by atoms with Crippen molar-refractivity contribution in [2.24, 2.45) is 4.99 Å². The molecule has 0 radical (unpaired) electrons. The minimum atomic E-state index is -0.437. The first kappa shape index (κ1) is 22.7. The summed E-state index contributed by atoms with van der Waals surface area (Å²) in [6.07, 6.45) is 0. The molecule has 2 rings (SSSR count). The van der Waals surface area contributed by atoms with Crippen LogP contribution in [0.1, 0.15) is 11.1 Å². The van der Waals surface area contributed by atoms with Crippen LogP contribution in [0.2, 0.25) is 0 Å². The lowest BCUT2D eigenvalue weighted by molar-refractivity contribution is -0.384. The Hall–Kier alpha value is -3.62. The van der Waals surface area contributed by atoms with E-state index in [1.807, 2.05) is 36.2 Å². The average molecular weight is 413 g/mol. The number of nitrogens with zero attached hydrogens (tertiary/aromatic N) is 4. The molecule has 0 bridgehead atoms. The van der Waals surface area contributed by atoms with E-state index in [9.17, 15) is 14.9 Å². The number of para-hydroxylation sites is 1. The largest absolute Gasteiger partial charge is 0.496 e. The smallest absolute Gasteiger partial charge is 0.269 e. The number of carbonyl (C=O) groups is 1. The highest BCUT2D eigenvalue weighted by Crippen LogP contribution is 2.19. The molecular formula is C21H27N5O4. The van der Waals surface area contributed by atoms with Crippen LogP contribution < -0.4 is 10.1 Å². The predicted molar refractivity (Wildman–Crippen MR) is 115 cm³/mol. The molecule has 160 valence electrons. The van der Waals surface area contributed by atoms with E-state index in [4.69, 9.17) is 4.74 Å². The van der Waals surface area contributed by atoms with Gasteiger partial charge in [-0.2, -0.15) is 0 Å². The molecule has 2 aromatic carbocycles. The maximum absolute atomic E-state index is 12.0. The van der Waals surface area contributed by atoms with Gasteiger partial charge in [-0.25, -0.2) is 4.99 Å². The van der Waals surface area contributed by atoms with Crippen molar-refractivity contribution in [2.75, 3.05) is 34.8 Å². The van der Waals surface area contributed by atoms with Gasteiger partial charge in [-0.3, -0.25) is 14.9 Å². The van der Waals surface area contributed by atoms with Crippen molar-refractivity contribution >= 4 is 17.6 Å². The highest BCUT2D eigenvalue weighted by atomic mass is 16.6. The zero-order chi connectivity index (χ0) is 22.1. The molecule has 1 amide bonds. The van der Waals surface area contributed by atoms with Gasteiger partial charge in [0.15, 0.2) is 5.96 Å². The highest BCUT2D eigenvalue weighted by Gasteiger charge is 2.13. The van der Waals surface area contributed by atoms with E-state index in [0.29, 0.717) is 19.0 Å². The Morgan fingerprint density at radius 3 is 2.40 bits per heavy atom. The molecule has 0 aromatic heterocycles. The normalized spacial score (nSPS) is 11.0.